The van der Waals surface area contributed by atoms with E-state index in [0.29, 0.717) is 41.7 Å². The maximum Gasteiger partial charge on any atom is 0.278 e. The molecule has 32 heavy (non-hydrogen) atoms. The molecule has 166 valence electrons. The van der Waals surface area contributed by atoms with Gasteiger partial charge in [0.1, 0.15) is 0 Å². The van der Waals surface area contributed by atoms with E-state index in [1.807, 2.05) is 6.07 Å². The van der Waals surface area contributed by atoms with Crippen LogP contribution >= 0.6 is 0 Å². The number of carbonyl (C=O) groups is 1. The first-order chi connectivity index (χ1) is 15.6. The van der Waals surface area contributed by atoms with Crippen molar-refractivity contribution in [3.8, 4) is 22.8 Å². The Hall–Kier alpha value is -3.92. The number of nitrogens with two attached hydrogens (primary N) is 1. The molecule has 1 fully saturated rings. The molecule has 1 aromatic carbocycles. The fourth-order valence-corrected chi connectivity index (χ4v) is 3.45. The van der Waals surface area contributed by atoms with E-state index in [0.717, 1.165) is 18.8 Å². The van der Waals surface area contributed by atoms with Crippen LogP contribution in [-0.2, 0) is 4.74 Å². The average Bonchev–Trinajstić information content (AvgIpc) is 2.84. The lowest BCUT2D eigenvalue weighted by Gasteiger charge is -2.30. The van der Waals surface area contributed by atoms with Crippen LogP contribution in [0.3, 0.4) is 0 Å². The Labute approximate surface area is 185 Å². The Morgan fingerprint density at radius 2 is 1.91 bits per heavy atom. The van der Waals surface area contributed by atoms with Crippen molar-refractivity contribution in [2.75, 3.05) is 56.5 Å². The summed E-state index contributed by atoms with van der Waals surface area (Å²) in [6, 6.07) is 7.19. The normalized spacial score (nSPS) is 13.5. The van der Waals surface area contributed by atoms with Gasteiger partial charge in [-0.25, -0.2) is 9.97 Å². The minimum Gasteiger partial charge on any atom is -0.493 e. The van der Waals surface area contributed by atoms with Gasteiger partial charge in [-0.1, -0.05) is 0 Å². The van der Waals surface area contributed by atoms with Gasteiger partial charge in [0.2, 0.25) is 0 Å². The molecule has 1 aliphatic rings. The molecule has 0 saturated carbocycles. The fourth-order valence-electron chi connectivity index (χ4n) is 3.45. The first kappa shape index (κ1) is 21.3. The van der Waals surface area contributed by atoms with Crippen molar-refractivity contribution in [3.63, 3.8) is 0 Å². The molecule has 3 aromatic rings. The molecule has 0 bridgehead atoms. The third-order valence-corrected chi connectivity index (χ3v) is 5.09. The topological polar surface area (TPSA) is 125 Å². The molecule has 1 saturated heterocycles. The second-order valence-corrected chi connectivity index (χ2v) is 7.01. The molecule has 10 heteroatoms. The molecule has 0 spiro atoms. The van der Waals surface area contributed by atoms with Crippen LogP contribution in [0.1, 0.15) is 10.5 Å². The highest BCUT2D eigenvalue weighted by Crippen LogP contribution is 2.32. The van der Waals surface area contributed by atoms with Crippen LogP contribution < -0.4 is 25.4 Å². The van der Waals surface area contributed by atoms with Crippen LogP contribution in [0.5, 0.6) is 11.5 Å². The molecule has 1 aliphatic heterocycles. The quantitative estimate of drug-likeness (QED) is 0.598. The molecular formula is C22H24N6O4. The lowest BCUT2D eigenvalue weighted by atomic mass is 10.1. The van der Waals surface area contributed by atoms with Crippen molar-refractivity contribution in [2.24, 2.45) is 0 Å². The number of aromatic nitrogens is 3. The zero-order valence-electron chi connectivity index (χ0n) is 17.9. The van der Waals surface area contributed by atoms with Gasteiger partial charge in [0.15, 0.2) is 23.0 Å². The summed E-state index contributed by atoms with van der Waals surface area (Å²) in [5.41, 5.74) is 8.62. The van der Waals surface area contributed by atoms with Crippen LogP contribution in [-0.4, -0.2) is 61.4 Å². The van der Waals surface area contributed by atoms with E-state index in [9.17, 15) is 4.79 Å². The second kappa shape index (κ2) is 9.48. The number of hydrogen-bond acceptors (Lipinski definition) is 9. The van der Waals surface area contributed by atoms with E-state index in [1.165, 1.54) is 6.20 Å². The summed E-state index contributed by atoms with van der Waals surface area (Å²) in [6.07, 6.45) is 4.80. The second-order valence-electron chi connectivity index (χ2n) is 7.01. The third kappa shape index (κ3) is 4.40. The lowest BCUT2D eigenvalue weighted by Crippen LogP contribution is -2.36. The monoisotopic (exact) mass is 436 g/mol. The van der Waals surface area contributed by atoms with Crippen molar-refractivity contribution in [1.82, 2.24) is 15.0 Å². The van der Waals surface area contributed by atoms with Crippen molar-refractivity contribution < 1.29 is 19.0 Å². The van der Waals surface area contributed by atoms with Gasteiger partial charge in [0.05, 0.1) is 56.9 Å². The molecule has 2 aromatic heterocycles. The van der Waals surface area contributed by atoms with E-state index in [4.69, 9.17) is 19.9 Å². The predicted octanol–water partition coefficient (Wildman–Crippen LogP) is 2.23. The molecular weight excluding hydrogens is 412 g/mol. The Morgan fingerprint density at radius 3 is 2.66 bits per heavy atom. The van der Waals surface area contributed by atoms with E-state index in [-0.39, 0.29) is 11.5 Å². The molecule has 3 N–H and O–H groups in total. The van der Waals surface area contributed by atoms with Crippen LogP contribution in [0.15, 0.2) is 42.9 Å². The SMILES string of the molecule is COc1ccc(-c2cnc(N)c(C(=O)Nc3cnccc3N3CCOCC3)n2)cc1OC. The van der Waals surface area contributed by atoms with Crippen molar-refractivity contribution >= 4 is 23.1 Å². The van der Waals surface area contributed by atoms with E-state index < -0.39 is 5.91 Å². The number of nitrogen functional groups attached to an aromatic ring is 1. The average molecular weight is 436 g/mol. The molecule has 0 radical (unpaired) electrons. The summed E-state index contributed by atoms with van der Waals surface area (Å²) in [7, 11) is 3.11. The number of nitrogens with zero attached hydrogens (tertiary/aromatic N) is 4. The summed E-state index contributed by atoms with van der Waals surface area (Å²) in [5, 5.41) is 2.87. The highest BCUT2D eigenvalue weighted by atomic mass is 16.5. The largest absolute Gasteiger partial charge is 0.493 e. The number of pyridine rings is 1. The Morgan fingerprint density at radius 1 is 1.12 bits per heavy atom. The van der Waals surface area contributed by atoms with Crippen molar-refractivity contribution in [1.29, 1.82) is 0 Å². The molecule has 0 aliphatic carbocycles. The maximum absolute atomic E-state index is 13.1. The van der Waals surface area contributed by atoms with Gasteiger partial charge in [-0.3, -0.25) is 9.78 Å². The minimum atomic E-state index is -0.472. The molecule has 10 nitrogen and oxygen atoms in total. The Bertz CT molecular complexity index is 1120. The molecule has 1 amide bonds. The number of ether oxygens (including phenoxy) is 3. The number of amides is 1. The van der Waals surface area contributed by atoms with Gasteiger partial charge >= 0.3 is 0 Å². The number of anilines is 3. The number of nitrogens with one attached hydrogen (secondary N) is 1. The van der Waals surface area contributed by atoms with Crippen LogP contribution in [0, 0.1) is 0 Å². The van der Waals surface area contributed by atoms with Gasteiger partial charge in [0, 0.05) is 24.8 Å². The predicted molar refractivity (Wildman–Crippen MR) is 120 cm³/mol. The summed E-state index contributed by atoms with van der Waals surface area (Å²) in [4.78, 5) is 28.0. The van der Waals surface area contributed by atoms with E-state index >= 15 is 0 Å². The highest BCUT2D eigenvalue weighted by Gasteiger charge is 2.20. The number of methoxy groups -OCH3 is 2. The zero-order chi connectivity index (χ0) is 22.5. The Balaban J connectivity index is 1.62. The number of morpholine rings is 1. The Kier molecular flexibility index (Phi) is 6.31. The first-order valence-electron chi connectivity index (χ1n) is 10.0. The fraction of sp³-hybridized carbons (Fsp3) is 0.273. The van der Waals surface area contributed by atoms with Gasteiger partial charge in [-0.15, -0.1) is 0 Å². The van der Waals surface area contributed by atoms with Gasteiger partial charge in [-0.05, 0) is 24.3 Å². The standard InChI is InChI=1S/C22H24N6O4/c1-30-18-4-3-14(11-19(18)31-2)15-13-25-21(23)20(26-15)22(29)27-16-12-24-6-5-17(16)28-7-9-32-10-8-28/h3-6,11-13H,7-10H2,1-2H3,(H2,23,25)(H,27,29). The third-order valence-electron chi connectivity index (χ3n) is 5.09. The number of hydrogen-bond donors (Lipinski definition) is 2. The summed E-state index contributed by atoms with van der Waals surface area (Å²) >= 11 is 0. The molecule has 0 unspecified atom stereocenters. The van der Waals surface area contributed by atoms with Crippen LogP contribution in [0.2, 0.25) is 0 Å². The number of benzene rings is 1. The molecule has 4 rings (SSSR count). The van der Waals surface area contributed by atoms with Crippen LogP contribution in [0.4, 0.5) is 17.2 Å². The van der Waals surface area contributed by atoms with Crippen molar-refractivity contribution in [3.05, 3.63) is 48.5 Å². The van der Waals surface area contributed by atoms with E-state index in [1.54, 1.807) is 44.8 Å². The van der Waals surface area contributed by atoms with Gasteiger partial charge < -0.3 is 30.2 Å². The van der Waals surface area contributed by atoms with Crippen LogP contribution in [0.25, 0.3) is 11.3 Å². The minimum absolute atomic E-state index is 0.0223. The van der Waals surface area contributed by atoms with Gasteiger partial charge in [-0.2, -0.15) is 0 Å². The molecule has 0 atom stereocenters. The lowest BCUT2D eigenvalue weighted by molar-refractivity contribution is 0.102. The van der Waals surface area contributed by atoms with Gasteiger partial charge in [0.25, 0.3) is 5.91 Å². The summed E-state index contributed by atoms with van der Waals surface area (Å²) in [6.45, 7) is 2.70. The maximum atomic E-state index is 13.1. The van der Waals surface area contributed by atoms with Crippen molar-refractivity contribution in [2.45, 2.75) is 0 Å². The smallest absolute Gasteiger partial charge is 0.278 e. The first-order valence-corrected chi connectivity index (χ1v) is 10.0. The number of rotatable bonds is 6. The summed E-state index contributed by atoms with van der Waals surface area (Å²) < 4.78 is 16.0. The summed E-state index contributed by atoms with van der Waals surface area (Å²) in [5.74, 6) is 0.688. The molecule has 3 heterocycles. The van der Waals surface area contributed by atoms with E-state index in [2.05, 4.69) is 25.2 Å². The zero-order valence-corrected chi connectivity index (χ0v) is 17.9. The number of carbonyl (C=O) groups excluding carboxylic acids is 1. The highest BCUT2D eigenvalue weighted by molar-refractivity contribution is 6.07.